The van der Waals surface area contributed by atoms with E-state index in [1.54, 1.807) is 24.4 Å². The van der Waals surface area contributed by atoms with Gasteiger partial charge in [-0.3, -0.25) is 9.78 Å². The number of carbonyl (C=O) groups is 1. The van der Waals surface area contributed by atoms with Gasteiger partial charge in [0.05, 0.1) is 24.8 Å². The van der Waals surface area contributed by atoms with E-state index in [1.165, 1.54) is 7.11 Å². The number of halogens is 1. The summed E-state index contributed by atoms with van der Waals surface area (Å²) in [6.45, 7) is 4.00. The Morgan fingerprint density at radius 1 is 1.33 bits per heavy atom. The molecule has 0 amide bonds. The van der Waals surface area contributed by atoms with Gasteiger partial charge in [-0.05, 0) is 12.1 Å². The molecule has 0 atom stereocenters. The predicted octanol–water partition coefficient (Wildman–Crippen LogP) is 2.97. The first-order valence-corrected chi connectivity index (χ1v) is 7.33. The van der Waals surface area contributed by atoms with Crippen molar-refractivity contribution in [3.63, 3.8) is 0 Å². The van der Waals surface area contributed by atoms with E-state index >= 15 is 0 Å². The van der Waals surface area contributed by atoms with Crippen LogP contribution in [-0.4, -0.2) is 33.8 Å². The number of thioether (sulfide) groups is 1. The molecule has 0 unspecified atom stereocenters. The van der Waals surface area contributed by atoms with Crippen molar-refractivity contribution in [1.82, 2.24) is 15.0 Å². The molecule has 2 aromatic rings. The molecule has 7 heteroatoms. The number of ether oxygens (including phenoxy) is 1. The topological polar surface area (TPSA) is 65.0 Å². The zero-order valence-electron chi connectivity index (χ0n) is 12.0. The number of aromatic nitrogens is 3. The molecule has 0 saturated heterocycles. The van der Waals surface area contributed by atoms with E-state index < -0.39 is 11.8 Å². The number of hydrogen-bond donors (Lipinski definition) is 0. The number of rotatable bonds is 4. The second-order valence-electron chi connectivity index (χ2n) is 3.43. The Kier molecular flexibility index (Phi) is 7.31. The third kappa shape index (κ3) is 5.11. The number of esters is 1. The molecule has 0 saturated carbocycles. The van der Waals surface area contributed by atoms with Crippen molar-refractivity contribution in [3.05, 3.63) is 36.4 Å². The Morgan fingerprint density at radius 3 is 2.71 bits per heavy atom. The van der Waals surface area contributed by atoms with E-state index in [-0.39, 0.29) is 11.4 Å². The average Bonchev–Trinajstić information content (AvgIpc) is 2.56. The fraction of sp³-hybridized carbons (Fsp3) is 0.286. The molecule has 0 N–H and O–H groups in total. The highest BCUT2D eigenvalue weighted by molar-refractivity contribution is 7.99. The van der Waals surface area contributed by atoms with Crippen LogP contribution in [0.1, 0.15) is 13.8 Å². The molecule has 0 fully saturated rings. The average molecular weight is 309 g/mol. The molecule has 2 rings (SSSR count). The highest BCUT2D eigenvalue weighted by Crippen LogP contribution is 2.21. The van der Waals surface area contributed by atoms with Crippen LogP contribution in [0.3, 0.4) is 0 Å². The van der Waals surface area contributed by atoms with Gasteiger partial charge in [0, 0.05) is 6.20 Å². The van der Waals surface area contributed by atoms with Crippen LogP contribution in [-0.2, 0) is 9.53 Å². The number of methoxy groups -OCH3 is 1. The van der Waals surface area contributed by atoms with Crippen LogP contribution in [0, 0.1) is 5.82 Å². The summed E-state index contributed by atoms with van der Waals surface area (Å²) in [6.07, 6.45) is 2.62. The van der Waals surface area contributed by atoms with E-state index in [0.29, 0.717) is 10.9 Å². The summed E-state index contributed by atoms with van der Waals surface area (Å²) in [5, 5.41) is 0.299. The Bertz CT molecular complexity index is 582. The van der Waals surface area contributed by atoms with Crippen molar-refractivity contribution >= 4 is 17.7 Å². The Hall–Kier alpha value is -2.02. The lowest BCUT2D eigenvalue weighted by Gasteiger charge is -2.04. The third-order valence-corrected chi connectivity index (χ3v) is 3.01. The smallest absolute Gasteiger partial charge is 0.316 e. The summed E-state index contributed by atoms with van der Waals surface area (Å²) < 4.78 is 18.2. The maximum atomic E-state index is 13.7. The van der Waals surface area contributed by atoms with Crippen LogP contribution in [0.5, 0.6) is 0 Å². The van der Waals surface area contributed by atoms with Gasteiger partial charge in [-0.1, -0.05) is 31.7 Å². The predicted molar refractivity (Wildman–Crippen MR) is 79.3 cm³/mol. The molecule has 5 nitrogen and oxygen atoms in total. The van der Waals surface area contributed by atoms with Crippen LogP contribution in [0.15, 0.2) is 35.7 Å². The number of carbonyl (C=O) groups excluding carboxylic acids is 1. The monoisotopic (exact) mass is 309 g/mol. The summed E-state index contributed by atoms with van der Waals surface area (Å²) in [7, 11) is 1.30. The highest BCUT2D eigenvalue weighted by atomic mass is 32.2. The fourth-order valence-corrected chi connectivity index (χ4v) is 1.93. The van der Waals surface area contributed by atoms with E-state index in [9.17, 15) is 9.18 Å². The lowest BCUT2D eigenvalue weighted by atomic mass is 10.2. The lowest BCUT2D eigenvalue weighted by Crippen LogP contribution is -2.04. The lowest BCUT2D eigenvalue weighted by molar-refractivity contribution is -0.137. The van der Waals surface area contributed by atoms with E-state index in [2.05, 4.69) is 19.7 Å². The first kappa shape index (κ1) is 17.0. The zero-order valence-corrected chi connectivity index (χ0v) is 12.9. The minimum atomic E-state index is -0.555. The Labute approximate surface area is 127 Å². The first-order valence-electron chi connectivity index (χ1n) is 6.34. The van der Waals surface area contributed by atoms with Gasteiger partial charge in [-0.25, -0.2) is 14.4 Å². The van der Waals surface area contributed by atoms with Crippen LogP contribution in [0.2, 0.25) is 0 Å². The quantitative estimate of drug-likeness (QED) is 0.491. The molecule has 0 aliphatic rings. The van der Waals surface area contributed by atoms with Crippen LogP contribution in [0.25, 0.3) is 11.4 Å². The number of hydrogen-bond acceptors (Lipinski definition) is 6. The van der Waals surface area contributed by atoms with Crippen molar-refractivity contribution < 1.29 is 13.9 Å². The maximum Gasteiger partial charge on any atom is 0.316 e. The van der Waals surface area contributed by atoms with Crippen molar-refractivity contribution in [2.45, 2.75) is 19.0 Å². The zero-order chi connectivity index (χ0) is 15.7. The molecule has 0 aliphatic heterocycles. The van der Waals surface area contributed by atoms with Gasteiger partial charge in [0.15, 0.2) is 11.0 Å². The van der Waals surface area contributed by atoms with E-state index in [0.717, 1.165) is 18.0 Å². The molecule has 0 aliphatic carbocycles. The third-order valence-electron chi connectivity index (χ3n) is 2.18. The first-order chi connectivity index (χ1) is 10.2. The summed E-state index contributed by atoms with van der Waals surface area (Å²) in [5.74, 6) is -0.873. The summed E-state index contributed by atoms with van der Waals surface area (Å²) in [5.41, 5.74) is 0.533. The van der Waals surface area contributed by atoms with E-state index in [4.69, 9.17) is 0 Å². The highest BCUT2D eigenvalue weighted by Gasteiger charge is 2.11. The Balaban J connectivity index is 0.00000106. The van der Waals surface area contributed by atoms with Crippen molar-refractivity contribution in [3.8, 4) is 11.4 Å². The van der Waals surface area contributed by atoms with Crippen molar-refractivity contribution in [2.75, 3.05) is 12.9 Å². The molecular formula is C14H16FN3O2S. The molecule has 0 aromatic carbocycles. The maximum absolute atomic E-state index is 13.7. The molecule has 0 spiro atoms. The standard InChI is InChI=1S/C12H10FN3O2S.C2H6/c1-18-10(17)7-19-12-15-6-8(13)11(16-12)9-4-2-3-5-14-9;1-2/h2-6H,7H2,1H3;1-2H3. The van der Waals surface area contributed by atoms with Gasteiger partial charge in [0.2, 0.25) is 0 Å². The summed E-state index contributed by atoms with van der Waals surface area (Å²) >= 11 is 1.08. The second-order valence-corrected chi connectivity index (χ2v) is 4.37. The molecular weight excluding hydrogens is 293 g/mol. The van der Waals surface area contributed by atoms with Crippen molar-refractivity contribution in [2.24, 2.45) is 0 Å². The van der Waals surface area contributed by atoms with Crippen LogP contribution in [0.4, 0.5) is 4.39 Å². The van der Waals surface area contributed by atoms with Crippen molar-refractivity contribution in [1.29, 1.82) is 0 Å². The van der Waals surface area contributed by atoms with Gasteiger partial charge >= 0.3 is 5.97 Å². The second kappa shape index (κ2) is 9.02. The van der Waals surface area contributed by atoms with Crippen LogP contribution >= 0.6 is 11.8 Å². The van der Waals surface area contributed by atoms with Gasteiger partial charge < -0.3 is 4.74 Å². The SMILES string of the molecule is CC.COC(=O)CSc1ncc(F)c(-c2ccccn2)n1. The molecule has 2 heterocycles. The minimum absolute atomic E-state index is 0.0732. The molecule has 112 valence electrons. The number of pyridine rings is 1. The van der Waals surface area contributed by atoms with Gasteiger partial charge in [0.25, 0.3) is 0 Å². The minimum Gasteiger partial charge on any atom is -0.468 e. The molecule has 2 aromatic heterocycles. The van der Waals surface area contributed by atoms with E-state index in [1.807, 2.05) is 13.8 Å². The number of nitrogens with zero attached hydrogens (tertiary/aromatic N) is 3. The molecule has 0 bridgehead atoms. The summed E-state index contributed by atoms with van der Waals surface area (Å²) in [6, 6.07) is 5.13. The largest absolute Gasteiger partial charge is 0.468 e. The van der Waals surface area contributed by atoms with Gasteiger partial charge in [-0.2, -0.15) is 0 Å². The normalized spacial score (nSPS) is 9.52. The molecule has 0 radical (unpaired) electrons. The Morgan fingerprint density at radius 2 is 2.10 bits per heavy atom. The molecule has 21 heavy (non-hydrogen) atoms. The summed E-state index contributed by atoms with van der Waals surface area (Å²) in [4.78, 5) is 22.9. The van der Waals surface area contributed by atoms with Crippen LogP contribution < -0.4 is 0 Å². The van der Waals surface area contributed by atoms with Gasteiger partial charge in [-0.15, -0.1) is 0 Å². The van der Waals surface area contributed by atoms with Gasteiger partial charge in [0.1, 0.15) is 5.69 Å². The fourth-order valence-electron chi connectivity index (χ4n) is 1.29.